The van der Waals surface area contributed by atoms with Gasteiger partial charge in [0.1, 0.15) is 0 Å². The number of carbonyl (C=O) groups is 1. The zero-order valence-electron chi connectivity index (χ0n) is 11.2. The zero-order valence-corrected chi connectivity index (χ0v) is 15.3. The molecule has 2 N–H and O–H groups in total. The van der Waals surface area contributed by atoms with Crippen LogP contribution in [0.15, 0.2) is 21.3 Å². The summed E-state index contributed by atoms with van der Waals surface area (Å²) in [7, 11) is -3.57. The summed E-state index contributed by atoms with van der Waals surface area (Å²) < 4.78 is 23.3. The van der Waals surface area contributed by atoms with Gasteiger partial charge in [-0.25, -0.2) is 18.5 Å². The van der Waals surface area contributed by atoms with Crippen LogP contribution in [0.3, 0.4) is 0 Å². The van der Waals surface area contributed by atoms with Crippen molar-refractivity contribution in [3.8, 4) is 10.6 Å². The number of anilines is 1. The lowest BCUT2D eigenvalue weighted by molar-refractivity contribution is -0.117. The minimum Gasteiger partial charge on any atom is -0.288 e. The second kappa shape index (κ2) is 6.00. The third-order valence-corrected chi connectivity index (χ3v) is 6.67. The van der Waals surface area contributed by atoms with E-state index in [9.17, 15) is 13.2 Å². The molecule has 3 rings (SSSR count). The molecule has 0 aliphatic carbocycles. The first-order valence-corrected chi connectivity index (χ1v) is 10.5. The molecule has 2 aromatic heterocycles. The van der Waals surface area contributed by atoms with E-state index in [4.69, 9.17) is 5.14 Å². The lowest BCUT2D eigenvalue weighted by Crippen LogP contribution is -2.27. The first-order valence-electron chi connectivity index (χ1n) is 6.34. The number of nitrogens with two attached hydrogens (primary N) is 1. The van der Waals surface area contributed by atoms with Crippen LogP contribution in [0.1, 0.15) is 6.42 Å². The zero-order chi connectivity index (χ0) is 15.9. The van der Waals surface area contributed by atoms with E-state index in [-0.39, 0.29) is 24.0 Å². The predicted octanol–water partition coefficient (Wildman–Crippen LogP) is 2.28. The Kier molecular flexibility index (Phi) is 4.38. The summed E-state index contributed by atoms with van der Waals surface area (Å²) >= 11 is 6.36. The van der Waals surface area contributed by atoms with Gasteiger partial charge in [-0.15, -0.1) is 22.7 Å². The van der Waals surface area contributed by atoms with Crippen LogP contribution in [0.25, 0.3) is 10.6 Å². The van der Waals surface area contributed by atoms with Crippen molar-refractivity contribution in [3.63, 3.8) is 0 Å². The standard InChI is InChI=1S/C12H12BrN3O3S3/c13-10-2-1-9(21-10)8-5-20-12(15-8)16-4-7(3-11(16)17)6-22(14,18)19/h1-2,5,7H,3-4,6H2,(H2,14,18,19). The van der Waals surface area contributed by atoms with Crippen molar-refractivity contribution in [3.05, 3.63) is 21.3 Å². The number of primary sulfonamides is 1. The highest BCUT2D eigenvalue weighted by Gasteiger charge is 2.34. The quantitative estimate of drug-likeness (QED) is 0.818. The van der Waals surface area contributed by atoms with Gasteiger partial charge in [0.2, 0.25) is 15.9 Å². The molecule has 1 amide bonds. The minimum absolute atomic E-state index is 0.109. The van der Waals surface area contributed by atoms with Crippen LogP contribution in [0.2, 0.25) is 0 Å². The van der Waals surface area contributed by atoms with Crippen LogP contribution < -0.4 is 10.0 Å². The maximum Gasteiger partial charge on any atom is 0.229 e. The van der Waals surface area contributed by atoms with Crippen LogP contribution in [-0.4, -0.2) is 31.6 Å². The molecule has 1 aliphatic heterocycles. The van der Waals surface area contributed by atoms with Gasteiger partial charge in [0.15, 0.2) is 5.13 Å². The molecule has 6 nitrogen and oxygen atoms in total. The molecule has 1 aliphatic rings. The number of hydrogen-bond donors (Lipinski definition) is 1. The van der Waals surface area contributed by atoms with Crippen molar-refractivity contribution in [2.24, 2.45) is 11.1 Å². The van der Waals surface area contributed by atoms with Gasteiger partial charge in [0, 0.05) is 24.3 Å². The molecule has 0 radical (unpaired) electrons. The van der Waals surface area contributed by atoms with Crippen molar-refractivity contribution in [2.45, 2.75) is 6.42 Å². The van der Waals surface area contributed by atoms with E-state index in [2.05, 4.69) is 20.9 Å². The summed E-state index contributed by atoms with van der Waals surface area (Å²) in [5.41, 5.74) is 0.818. The van der Waals surface area contributed by atoms with Gasteiger partial charge in [-0.1, -0.05) is 0 Å². The van der Waals surface area contributed by atoms with Crippen LogP contribution in [0.4, 0.5) is 5.13 Å². The SMILES string of the molecule is NS(=O)(=O)CC1CC(=O)N(c2nc(-c3ccc(Br)s3)cs2)C1. The fraction of sp³-hybridized carbons (Fsp3) is 0.333. The highest BCUT2D eigenvalue weighted by molar-refractivity contribution is 9.11. The fourth-order valence-electron chi connectivity index (χ4n) is 2.36. The van der Waals surface area contributed by atoms with Crippen molar-refractivity contribution in [1.82, 2.24) is 4.98 Å². The summed E-state index contributed by atoms with van der Waals surface area (Å²) in [4.78, 5) is 19.1. The average Bonchev–Trinajstić information content (AvgIpc) is 3.07. The minimum atomic E-state index is -3.57. The normalized spacial score (nSPS) is 19.1. The molecule has 118 valence electrons. The molecule has 3 heterocycles. The molecule has 10 heteroatoms. The molecule has 2 aromatic rings. The molecule has 1 atom stereocenters. The average molecular weight is 422 g/mol. The molecule has 1 fully saturated rings. The first kappa shape index (κ1) is 16.1. The third kappa shape index (κ3) is 3.57. The summed E-state index contributed by atoms with van der Waals surface area (Å²) in [6.07, 6.45) is 0.190. The van der Waals surface area contributed by atoms with Crippen molar-refractivity contribution in [2.75, 3.05) is 17.2 Å². The highest BCUT2D eigenvalue weighted by atomic mass is 79.9. The van der Waals surface area contributed by atoms with Crippen molar-refractivity contribution in [1.29, 1.82) is 0 Å². The first-order chi connectivity index (χ1) is 10.3. The lowest BCUT2D eigenvalue weighted by atomic mass is 10.1. The summed E-state index contributed by atoms with van der Waals surface area (Å²) in [6.45, 7) is 0.344. The van der Waals surface area contributed by atoms with E-state index >= 15 is 0 Å². The summed E-state index contributed by atoms with van der Waals surface area (Å²) in [6, 6.07) is 3.91. The van der Waals surface area contributed by atoms with Crippen molar-refractivity contribution < 1.29 is 13.2 Å². The molecule has 1 unspecified atom stereocenters. The monoisotopic (exact) mass is 421 g/mol. The Morgan fingerprint density at radius 3 is 2.86 bits per heavy atom. The van der Waals surface area contributed by atoms with E-state index in [1.165, 1.54) is 11.3 Å². The number of sulfonamides is 1. The van der Waals surface area contributed by atoms with Gasteiger partial charge in [-0.2, -0.15) is 0 Å². The van der Waals surface area contributed by atoms with Gasteiger partial charge in [0.25, 0.3) is 0 Å². The number of amides is 1. The highest BCUT2D eigenvalue weighted by Crippen LogP contribution is 2.35. The Morgan fingerprint density at radius 1 is 1.45 bits per heavy atom. The number of halogens is 1. The summed E-state index contributed by atoms with van der Waals surface area (Å²) in [5.74, 6) is -0.557. The van der Waals surface area contributed by atoms with E-state index in [1.807, 2.05) is 17.5 Å². The van der Waals surface area contributed by atoms with Crippen LogP contribution in [0.5, 0.6) is 0 Å². The molecular formula is C12H12BrN3O3S3. The van der Waals surface area contributed by atoms with Crippen LogP contribution >= 0.6 is 38.6 Å². The van der Waals surface area contributed by atoms with E-state index in [1.54, 1.807) is 16.2 Å². The number of thiophene rings is 1. The molecular weight excluding hydrogens is 410 g/mol. The lowest BCUT2D eigenvalue weighted by Gasteiger charge is -2.12. The Morgan fingerprint density at radius 2 is 2.23 bits per heavy atom. The molecule has 0 spiro atoms. The molecule has 0 aromatic carbocycles. The van der Waals surface area contributed by atoms with Gasteiger partial charge in [0.05, 0.1) is 20.1 Å². The van der Waals surface area contributed by atoms with E-state index < -0.39 is 10.0 Å². The second-order valence-electron chi connectivity index (χ2n) is 5.02. The third-order valence-electron chi connectivity index (χ3n) is 3.22. The number of carbonyl (C=O) groups excluding carboxylic acids is 1. The number of rotatable bonds is 4. The Bertz CT molecular complexity index is 814. The Hall–Kier alpha value is -0.810. The number of hydrogen-bond acceptors (Lipinski definition) is 6. The van der Waals surface area contributed by atoms with Gasteiger partial charge >= 0.3 is 0 Å². The Balaban J connectivity index is 1.77. The van der Waals surface area contributed by atoms with Gasteiger partial charge < -0.3 is 0 Å². The Labute approximate surface area is 144 Å². The maximum atomic E-state index is 12.1. The smallest absolute Gasteiger partial charge is 0.229 e. The topological polar surface area (TPSA) is 93.4 Å². The second-order valence-corrected chi connectivity index (χ2v) is 9.98. The van der Waals surface area contributed by atoms with Gasteiger partial charge in [-0.05, 0) is 28.1 Å². The number of aromatic nitrogens is 1. The molecule has 1 saturated heterocycles. The molecule has 22 heavy (non-hydrogen) atoms. The van der Waals surface area contributed by atoms with Gasteiger partial charge in [-0.3, -0.25) is 9.69 Å². The molecule has 0 saturated carbocycles. The maximum absolute atomic E-state index is 12.1. The molecule has 0 bridgehead atoms. The van der Waals surface area contributed by atoms with E-state index in [0.29, 0.717) is 11.7 Å². The predicted molar refractivity (Wildman–Crippen MR) is 91.6 cm³/mol. The van der Waals surface area contributed by atoms with E-state index in [0.717, 1.165) is 14.4 Å². The fourth-order valence-corrected chi connectivity index (χ4v) is 5.51. The largest absolute Gasteiger partial charge is 0.288 e. The number of nitrogens with zero attached hydrogens (tertiary/aromatic N) is 2. The number of thiazole rings is 1. The van der Waals surface area contributed by atoms with Crippen LogP contribution in [0, 0.1) is 5.92 Å². The van der Waals surface area contributed by atoms with Crippen LogP contribution in [-0.2, 0) is 14.8 Å². The summed E-state index contributed by atoms with van der Waals surface area (Å²) in [5, 5.41) is 7.55. The van der Waals surface area contributed by atoms with Crippen molar-refractivity contribution >= 4 is 59.7 Å².